The maximum absolute atomic E-state index is 4.04. The maximum Gasteiger partial charge on any atom is 0.0252 e. The highest BCUT2D eigenvalue weighted by atomic mass is 14.9. The quantitative estimate of drug-likeness (QED) is 0.684. The zero-order valence-electron chi connectivity index (χ0n) is 9.36. The third kappa shape index (κ3) is 3.80. The van der Waals surface area contributed by atoms with Gasteiger partial charge in [-0.3, -0.25) is 0 Å². The highest BCUT2D eigenvalue weighted by Gasteiger charge is 2.17. The van der Waals surface area contributed by atoms with Crippen molar-refractivity contribution in [3.8, 4) is 0 Å². The van der Waals surface area contributed by atoms with Gasteiger partial charge in [-0.1, -0.05) is 41.2 Å². The lowest BCUT2D eigenvalue weighted by Crippen LogP contribution is -2.34. The average molecular weight is 169 g/mol. The molecule has 1 atom stereocenters. The zero-order chi connectivity index (χ0) is 9.94. The van der Waals surface area contributed by atoms with Crippen LogP contribution in [0.4, 0.5) is 0 Å². The molecule has 0 aliphatic heterocycles. The minimum atomic E-state index is 0.170. The molecule has 1 nitrogen and oxygen atoms in total. The van der Waals surface area contributed by atoms with Gasteiger partial charge in [0.05, 0.1) is 0 Å². The number of rotatable bonds is 3. The van der Waals surface area contributed by atoms with Crippen molar-refractivity contribution < 1.29 is 0 Å². The predicted octanol–water partition coefficient (Wildman–Crippen LogP) is 3.18. The molecule has 1 heteroatoms. The van der Waals surface area contributed by atoms with Crippen LogP contribution in [0.25, 0.3) is 0 Å². The molecule has 0 saturated carbocycles. The molecule has 0 bridgehead atoms. The summed E-state index contributed by atoms with van der Waals surface area (Å²) in [5.41, 5.74) is 1.30. The minimum absolute atomic E-state index is 0.170. The summed E-state index contributed by atoms with van der Waals surface area (Å²) >= 11 is 0. The van der Waals surface area contributed by atoms with E-state index in [2.05, 4.69) is 53.4 Å². The Labute approximate surface area is 77.2 Å². The normalized spacial score (nSPS) is 14.6. The lowest BCUT2D eigenvalue weighted by molar-refractivity contribution is 0.391. The van der Waals surface area contributed by atoms with Gasteiger partial charge in [0.2, 0.25) is 0 Å². The molecule has 1 N–H and O–H groups in total. The Bertz CT molecular complexity index is 151. The van der Waals surface area contributed by atoms with Crippen molar-refractivity contribution in [3.63, 3.8) is 0 Å². The molecule has 0 saturated heterocycles. The molecule has 0 aliphatic carbocycles. The number of hydrogen-bond acceptors (Lipinski definition) is 1. The van der Waals surface area contributed by atoms with E-state index >= 15 is 0 Å². The van der Waals surface area contributed by atoms with E-state index in [0.717, 1.165) is 5.70 Å². The van der Waals surface area contributed by atoms with Crippen molar-refractivity contribution >= 4 is 0 Å². The summed E-state index contributed by atoms with van der Waals surface area (Å²) < 4.78 is 0. The molecule has 0 aromatic rings. The van der Waals surface area contributed by atoms with Gasteiger partial charge >= 0.3 is 0 Å². The number of nitrogens with one attached hydrogen (secondary N) is 1. The monoisotopic (exact) mass is 169 g/mol. The van der Waals surface area contributed by atoms with Crippen LogP contribution in [-0.4, -0.2) is 6.04 Å². The first-order valence-corrected chi connectivity index (χ1v) is 4.71. The van der Waals surface area contributed by atoms with E-state index in [0.29, 0.717) is 12.0 Å². The fraction of sp³-hybridized carbons (Fsp3) is 0.818. The van der Waals surface area contributed by atoms with E-state index < -0.39 is 0 Å². The van der Waals surface area contributed by atoms with Crippen molar-refractivity contribution in [2.75, 3.05) is 0 Å². The van der Waals surface area contributed by atoms with E-state index in [-0.39, 0.29) is 5.41 Å². The summed E-state index contributed by atoms with van der Waals surface area (Å²) in [4.78, 5) is 0. The van der Waals surface area contributed by atoms with Crippen LogP contribution in [-0.2, 0) is 0 Å². The molecule has 0 aromatic carbocycles. The highest BCUT2D eigenvalue weighted by Crippen LogP contribution is 2.22. The van der Waals surface area contributed by atoms with Crippen molar-refractivity contribution in [2.45, 2.75) is 47.6 Å². The molecular weight excluding hydrogens is 146 g/mol. The van der Waals surface area contributed by atoms with E-state index in [1.54, 1.807) is 0 Å². The first-order valence-electron chi connectivity index (χ1n) is 4.71. The third-order valence-corrected chi connectivity index (χ3v) is 2.31. The average Bonchev–Trinajstić information content (AvgIpc) is 1.85. The SMILES string of the molecule is C=C(N[C@H](C)C(C)C)C(C)(C)C. The van der Waals surface area contributed by atoms with Gasteiger partial charge in [-0.15, -0.1) is 0 Å². The van der Waals surface area contributed by atoms with Crippen LogP contribution in [0.5, 0.6) is 0 Å². The van der Waals surface area contributed by atoms with Gasteiger partial charge in [0, 0.05) is 17.2 Å². The van der Waals surface area contributed by atoms with E-state index in [1.165, 1.54) is 0 Å². The predicted molar refractivity (Wildman–Crippen MR) is 56.0 cm³/mol. The van der Waals surface area contributed by atoms with Crippen LogP contribution < -0.4 is 5.32 Å². The second-order valence-electron chi connectivity index (χ2n) is 4.91. The molecule has 0 rings (SSSR count). The number of hydrogen-bond donors (Lipinski definition) is 1. The summed E-state index contributed by atoms with van der Waals surface area (Å²) in [6.45, 7) is 17.2. The Morgan fingerprint density at radius 2 is 1.58 bits per heavy atom. The molecule has 72 valence electrons. The Balaban J connectivity index is 4.02. The van der Waals surface area contributed by atoms with E-state index in [9.17, 15) is 0 Å². The summed E-state index contributed by atoms with van der Waals surface area (Å²) in [5, 5.41) is 3.42. The van der Waals surface area contributed by atoms with Gasteiger partial charge in [-0.2, -0.15) is 0 Å². The smallest absolute Gasteiger partial charge is 0.0252 e. The molecule has 0 aromatic heterocycles. The lowest BCUT2D eigenvalue weighted by Gasteiger charge is -2.28. The first-order chi connectivity index (χ1) is 5.25. The van der Waals surface area contributed by atoms with Crippen LogP contribution in [0, 0.1) is 11.3 Å². The second-order valence-corrected chi connectivity index (χ2v) is 4.91. The van der Waals surface area contributed by atoms with Crippen LogP contribution in [0.1, 0.15) is 41.5 Å². The summed E-state index contributed by atoms with van der Waals surface area (Å²) in [5.74, 6) is 0.657. The first kappa shape index (κ1) is 11.5. The third-order valence-electron chi connectivity index (χ3n) is 2.31. The van der Waals surface area contributed by atoms with Gasteiger partial charge in [0.1, 0.15) is 0 Å². The minimum Gasteiger partial charge on any atom is -0.386 e. The Morgan fingerprint density at radius 3 is 1.83 bits per heavy atom. The standard InChI is InChI=1S/C11H23N/c1-8(2)9(3)12-10(4)11(5,6)7/h8-9,12H,4H2,1-3,5-7H3/t9-/m1/s1. The highest BCUT2D eigenvalue weighted by molar-refractivity contribution is 5.03. The Morgan fingerprint density at radius 1 is 1.17 bits per heavy atom. The second kappa shape index (κ2) is 3.97. The van der Waals surface area contributed by atoms with Gasteiger partial charge in [0.25, 0.3) is 0 Å². The number of allylic oxidation sites excluding steroid dienone is 1. The topological polar surface area (TPSA) is 12.0 Å². The molecule has 0 spiro atoms. The van der Waals surface area contributed by atoms with Crippen LogP contribution in [0.2, 0.25) is 0 Å². The largest absolute Gasteiger partial charge is 0.386 e. The molecule has 0 amide bonds. The van der Waals surface area contributed by atoms with E-state index in [1.807, 2.05) is 0 Å². The van der Waals surface area contributed by atoms with Crippen molar-refractivity contribution in [2.24, 2.45) is 11.3 Å². The van der Waals surface area contributed by atoms with Gasteiger partial charge < -0.3 is 5.32 Å². The summed E-state index contributed by atoms with van der Waals surface area (Å²) in [6.07, 6.45) is 0. The molecule has 12 heavy (non-hydrogen) atoms. The summed E-state index contributed by atoms with van der Waals surface area (Å²) in [6, 6.07) is 0.511. The van der Waals surface area contributed by atoms with Crippen LogP contribution in [0.3, 0.4) is 0 Å². The molecule has 0 fully saturated rings. The zero-order valence-corrected chi connectivity index (χ0v) is 9.36. The van der Waals surface area contributed by atoms with Crippen molar-refractivity contribution in [1.82, 2.24) is 5.32 Å². The van der Waals surface area contributed by atoms with Gasteiger partial charge in [0.15, 0.2) is 0 Å². The fourth-order valence-electron chi connectivity index (χ4n) is 0.658. The van der Waals surface area contributed by atoms with Gasteiger partial charge in [-0.05, 0) is 12.8 Å². The van der Waals surface area contributed by atoms with E-state index in [4.69, 9.17) is 0 Å². The Kier molecular flexibility index (Phi) is 3.82. The Hall–Kier alpha value is -0.460. The molecule has 0 aliphatic rings. The lowest BCUT2D eigenvalue weighted by atomic mass is 9.91. The van der Waals surface area contributed by atoms with Crippen molar-refractivity contribution in [3.05, 3.63) is 12.3 Å². The van der Waals surface area contributed by atoms with Gasteiger partial charge in [-0.25, -0.2) is 0 Å². The molecule has 0 heterocycles. The van der Waals surface area contributed by atoms with Crippen molar-refractivity contribution in [1.29, 1.82) is 0 Å². The maximum atomic E-state index is 4.04. The fourth-order valence-corrected chi connectivity index (χ4v) is 0.658. The molecular formula is C11H23N. The van der Waals surface area contributed by atoms with Crippen LogP contribution >= 0.6 is 0 Å². The summed E-state index contributed by atoms with van der Waals surface area (Å²) in [7, 11) is 0. The molecule has 0 radical (unpaired) electrons. The van der Waals surface area contributed by atoms with Crippen LogP contribution in [0.15, 0.2) is 12.3 Å². The molecule has 0 unspecified atom stereocenters.